The molecule has 0 saturated heterocycles. The highest BCUT2D eigenvalue weighted by atomic mass is 19.1. The lowest BCUT2D eigenvalue weighted by molar-refractivity contribution is -0.122. The van der Waals surface area contributed by atoms with Gasteiger partial charge < -0.3 is 10.1 Å². The summed E-state index contributed by atoms with van der Waals surface area (Å²) in [6, 6.07) is 5.01. The summed E-state index contributed by atoms with van der Waals surface area (Å²) >= 11 is 0. The second-order valence-corrected chi connectivity index (χ2v) is 4.87. The molecule has 1 aliphatic carbocycles. The van der Waals surface area contributed by atoms with Gasteiger partial charge in [-0.2, -0.15) is 0 Å². The van der Waals surface area contributed by atoms with E-state index in [9.17, 15) is 4.39 Å². The van der Waals surface area contributed by atoms with Crippen molar-refractivity contribution in [2.45, 2.75) is 38.0 Å². The Kier molecular flexibility index (Phi) is 4.55. The number of halogens is 1. The minimum atomic E-state index is -0.250. The predicted molar refractivity (Wildman–Crippen MR) is 72.8 cm³/mol. The minimum Gasteiger partial charge on any atom is -0.483 e. The molecule has 102 valence electrons. The highest BCUT2D eigenvalue weighted by Gasteiger charge is 2.18. The van der Waals surface area contributed by atoms with Gasteiger partial charge in [0.15, 0.2) is 0 Å². The van der Waals surface area contributed by atoms with Crippen LogP contribution in [0.3, 0.4) is 0 Å². The molecule has 0 atom stereocenters. The number of aromatic nitrogens is 1. The van der Waals surface area contributed by atoms with E-state index >= 15 is 0 Å². The molecule has 0 aliphatic heterocycles. The summed E-state index contributed by atoms with van der Waals surface area (Å²) in [7, 11) is 0. The van der Waals surface area contributed by atoms with E-state index in [2.05, 4.69) is 11.2 Å². The molecule has 3 rings (SSSR count). The van der Waals surface area contributed by atoms with E-state index in [0.717, 1.165) is 10.9 Å². The van der Waals surface area contributed by atoms with Crippen LogP contribution >= 0.6 is 0 Å². The van der Waals surface area contributed by atoms with Crippen molar-refractivity contribution in [1.29, 1.82) is 0 Å². The van der Waals surface area contributed by atoms with Gasteiger partial charge in [-0.25, -0.2) is 4.39 Å². The SMILES string of the molecule is Fc1ccc2[nH]cc(C3CCCCC3)c2c1.O=CO. The Hall–Kier alpha value is -1.84. The van der Waals surface area contributed by atoms with Gasteiger partial charge in [-0.3, -0.25) is 4.79 Å². The van der Waals surface area contributed by atoms with Crippen molar-refractivity contribution in [3.8, 4) is 0 Å². The third kappa shape index (κ3) is 3.13. The number of aromatic amines is 1. The van der Waals surface area contributed by atoms with Gasteiger partial charge >= 0.3 is 0 Å². The van der Waals surface area contributed by atoms with Gasteiger partial charge in [0.1, 0.15) is 5.82 Å². The van der Waals surface area contributed by atoms with Crippen LogP contribution in [0.2, 0.25) is 0 Å². The monoisotopic (exact) mass is 263 g/mol. The van der Waals surface area contributed by atoms with Crippen LogP contribution < -0.4 is 0 Å². The van der Waals surface area contributed by atoms with Crippen molar-refractivity contribution < 1.29 is 14.3 Å². The number of H-pyrrole nitrogens is 1. The lowest BCUT2D eigenvalue weighted by Crippen LogP contribution is -2.03. The normalized spacial score (nSPS) is 15.8. The maximum absolute atomic E-state index is 13.2. The van der Waals surface area contributed by atoms with Crippen LogP contribution in [0.25, 0.3) is 10.9 Å². The lowest BCUT2D eigenvalue weighted by Gasteiger charge is -2.21. The molecule has 1 heterocycles. The van der Waals surface area contributed by atoms with E-state index in [0.29, 0.717) is 5.92 Å². The largest absolute Gasteiger partial charge is 0.483 e. The van der Waals surface area contributed by atoms with Crippen LogP contribution in [-0.4, -0.2) is 16.6 Å². The van der Waals surface area contributed by atoms with Gasteiger partial charge in [0.25, 0.3) is 6.47 Å². The van der Waals surface area contributed by atoms with Gasteiger partial charge in [0.05, 0.1) is 0 Å². The van der Waals surface area contributed by atoms with E-state index < -0.39 is 0 Å². The first-order chi connectivity index (χ1) is 9.26. The zero-order valence-corrected chi connectivity index (χ0v) is 10.7. The zero-order valence-electron chi connectivity index (χ0n) is 10.7. The second kappa shape index (κ2) is 6.36. The molecule has 0 unspecified atom stereocenters. The van der Waals surface area contributed by atoms with Crippen LogP contribution in [-0.2, 0) is 4.79 Å². The quantitative estimate of drug-likeness (QED) is 0.762. The maximum atomic E-state index is 13.2. The zero-order chi connectivity index (χ0) is 13.7. The molecule has 2 aromatic rings. The van der Waals surface area contributed by atoms with E-state index in [1.54, 1.807) is 6.07 Å². The average Bonchev–Trinajstić information content (AvgIpc) is 2.83. The molecule has 1 aromatic carbocycles. The third-order valence-electron chi connectivity index (χ3n) is 3.72. The number of hydrogen-bond donors (Lipinski definition) is 2. The average molecular weight is 263 g/mol. The predicted octanol–water partition coefficient (Wildman–Crippen LogP) is 4.06. The minimum absolute atomic E-state index is 0.135. The topological polar surface area (TPSA) is 53.1 Å². The van der Waals surface area contributed by atoms with Crippen molar-refractivity contribution in [1.82, 2.24) is 4.98 Å². The molecule has 1 fully saturated rings. The summed E-state index contributed by atoms with van der Waals surface area (Å²) in [5.74, 6) is 0.494. The number of nitrogens with one attached hydrogen (secondary N) is 1. The fourth-order valence-corrected chi connectivity index (χ4v) is 2.87. The Balaban J connectivity index is 0.000000408. The Morgan fingerprint density at radius 2 is 1.95 bits per heavy atom. The van der Waals surface area contributed by atoms with Crippen LogP contribution in [0, 0.1) is 5.82 Å². The Morgan fingerprint density at radius 1 is 1.26 bits per heavy atom. The number of rotatable bonds is 1. The smallest absolute Gasteiger partial charge is 0.290 e. The van der Waals surface area contributed by atoms with E-state index in [1.807, 2.05) is 6.07 Å². The summed E-state index contributed by atoms with van der Waals surface area (Å²) in [5.41, 5.74) is 2.37. The summed E-state index contributed by atoms with van der Waals surface area (Å²) in [4.78, 5) is 11.6. The van der Waals surface area contributed by atoms with Crippen LogP contribution in [0.5, 0.6) is 0 Å². The molecule has 4 heteroatoms. The van der Waals surface area contributed by atoms with Crippen molar-refractivity contribution >= 4 is 17.4 Å². The Morgan fingerprint density at radius 3 is 2.63 bits per heavy atom. The molecule has 0 radical (unpaired) electrons. The van der Waals surface area contributed by atoms with Gasteiger partial charge in [-0.05, 0) is 42.5 Å². The number of carboxylic acid groups (broad SMARTS) is 1. The molecule has 3 nitrogen and oxygen atoms in total. The fraction of sp³-hybridized carbons (Fsp3) is 0.400. The molecule has 0 bridgehead atoms. The Bertz CT molecular complexity index is 544. The highest BCUT2D eigenvalue weighted by Crippen LogP contribution is 2.36. The summed E-state index contributed by atoms with van der Waals surface area (Å²) < 4.78 is 13.2. The molecule has 0 spiro atoms. The van der Waals surface area contributed by atoms with Crippen molar-refractivity contribution in [2.24, 2.45) is 0 Å². The first-order valence-electron chi connectivity index (χ1n) is 6.60. The molecular formula is C15H18FNO2. The maximum Gasteiger partial charge on any atom is 0.290 e. The van der Waals surface area contributed by atoms with Crippen LogP contribution in [0.1, 0.15) is 43.6 Å². The Labute approximate surface area is 111 Å². The van der Waals surface area contributed by atoms with Gasteiger partial charge in [0.2, 0.25) is 0 Å². The molecule has 1 saturated carbocycles. The van der Waals surface area contributed by atoms with Crippen molar-refractivity contribution in [2.75, 3.05) is 0 Å². The number of benzene rings is 1. The fourth-order valence-electron chi connectivity index (χ4n) is 2.87. The molecule has 1 aliphatic rings. The lowest BCUT2D eigenvalue weighted by atomic mass is 9.84. The number of fused-ring (bicyclic) bond motifs is 1. The molecule has 2 N–H and O–H groups in total. The van der Waals surface area contributed by atoms with Crippen LogP contribution in [0.15, 0.2) is 24.4 Å². The molecular weight excluding hydrogens is 245 g/mol. The highest BCUT2D eigenvalue weighted by molar-refractivity contribution is 5.83. The van der Waals surface area contributed by atoms with Crippen molar-refractivity contribution in [3.05, 3.63) is 35.8 Å². The van der Waals surface area contributed by atoms with E-state index in [4.69, 9.17) is 9.90 Å². The summed E-state index contributed by atoms with van der Waals surface area (Å²) in [6.45, 7) is -0.250. The van der Waals surface area contributed by atoms with E-state index in [-0.39, 0.29) is 12.3 Å². The number of hydrogen-bond acceptors (Lipinski definition) is 1. The second-order valence-electron chi connectivity index (χ2n) is 4.87. The number of carbonyl (C=O) groups is 1. The van der Waals surface area contributed by atoms with Gasteiger partial charge in [-0.1, -0.05) is 19.3 Å². The molecule has 19 heavy (non-hydrogen) atoms. The first kappa shape index (κ1) is 13.6. The van der Waals surface area contributed by atoms with Crippen molar-refractivity contribution in [3.63, 3.8) is 0 Å². The van der Waals surface area contributed by atoms with Crippen LogP contribution in [0.4, 0.5) is 4.39 Å². The van der Waals surface area contributed by atoms with E-state index in [1.165, 1.54) is 43.7 Å². The van der Waals surface area contributed by atoms with Gasteiger partial charge in [-0.15, -0.1) is 0 Å². The first-order valence-corrected chi connectivity index (χ1v) is 6.60. The standard InChI is InChI=1S/C14H16FN.CH2O2/c15-11-6-7-14-12(8-11)13(9-16-14)10-4-2-1-3-5-10;2-1-3/h6-10,16H,1-5H2;1H,(H,2,3). The third-order valence-corrected chi connectivity index (χ3v) is 3.72. The summed E-state index contributed by atoms with van der Waals surface area (Å²) in [5, 5.41) is 7.96. The molecule has 0 amide bonds. The molecule has 1 aromatic heterocycles. The van der Waals surface area contributed by atoms with Gasteiger partial charge in [0, 0.05) is 17.1 Å². The summed E-state index contributed by atoms with van der Waals surface area (Å²) in [6.07, 6.45) is 8.56.